The molecule has 0 aliphatic rings. The smallest absolute Gasteiger partial charge is 0.341 e. The van der Waals surface area contributed by atoms with E-state index in [9.17, 15) is 4.79 Å². The van der Waals surface area contributed by atoms with Crippen LogP contribution in [0.5, 0.6) is 0 Å². The normalized spacial score (nSPS) is 10.3. The molecule has 0 saturated heterocycles. The van der Waals surface area contributed by atoms with Crippen molar-refractivity contribution >= 4 is 40.8 Å². The summed E-state index contributed by atoms with van der Waals surface area (Å²) >= 11 is 17.8. The van der Waals surface area contributed by atoms with Gasteiger partial charge in [-0.1, -0.05) is 40.9 Å². The molecule has 0 bridgehead atoms. The van der Waals surface area contributed by atoms with Crippen molar-refractivity contribution in [1.29, 1.82) is 0 Å². The van der Waals surface area contributed by atoms with Crippen molar-refractivity contribution in [2.75, 3.05) is 7.11 Å². The number of hydrogen-bond acceptors (Lipinski definition) is 3. The highest BCUT2D eigenvalue weighted by atomic mass is 35.5. The highest BCUT2D eigenvalue weighted by molar-refractivity contribution is 6.42. The average molecular weight is 317 g/mol. The predicted octanol–water partition coefficient (Wildman–Crippen LogP) is 4.50. The lowest BCUT2D eigenvalue weighted by Crippen LogP contribution is -2.06. The SMILES string of the molecule is COC(=O)c1c(Cl)ccnc1-c1ccc(Cl)c(Cl)c1. The highest BCUT2D eigenvalue weighted by Gasteiger charge is 2.19. The van der Waals surface area contributed by atoms with Gasteiger partial charge in [0.15, 0.2) is 0 Å². The largest absolute Gasteiger partial charge is 0.465 e. The van der Waals surface area contributed by atoms with E-state index in [0.717, 1.165) is 0 Å². The fourth-order valence-corrected chi connectivity index (χ4v) is 2.12. The van der Waals surface area contributed by atoms with E-state index in [1.165, 1.54) is 19.4 Å². The Morgan fingerprint density at radius 1 is 1.11 bits per heavy atom. The summed E-state index contributed by atoms with van der Waals surface area (Å²) < 4.78 is 4.71. The molecule has 0 amide bonds. The molecule has 1 aromatic carbocycles. The lowest BCUT2D eigenvalue weighted by molar-refractivity contribution is 0.0601. The van der Waals surface area contributed by atoms with Crippen molar-refractivity contribution in [2.45, 2.75) is 0 Å². The Hall–Kier alpha value is -1.29. The number of esters is 1. The quantitative estimate of drug-likeness (QED) is 0.766. The number of methoxy groups -OCH3 is 1. The maximum Gasteiger partial charge on any atom is 0.341 e. The minimum atomic E-state index is -0.556. The minimum Gasteiger partial charge on any atom is -0.465 e. The molecule has 98 valence electrons. The molecule has 19 heavy (non-hydrogen) atoms. The predicted molar refractivity (Wildman–Crippen MR) is 76.0 cm³/mol. The molecule has 0 unspecified atom stereocenters. The second-order valence-corrected chi connectivity index (χ2v) is 4.86. The first-order valence-electron chi connectivity index (χ1n) is 5.23. The first kappa shape index (κ1) is 14.1. The van der Waals surface area contributed by atoms with E-state index in [1.807, 2.05) is 0 Å². The van der Waals surface area contributed by atoms with Crippen LogP contribution < -0.4 is 0 Å². The van der Waals surface area contributed by atoms with E-state index in [4.69, 9.17) is 39.5 Å². The zero-order valence-electron chi connectivity index (χ0n) is 9.78. The summed E-state index contributed by atoms with van der Waals surface area (Å²) in [7, 11) is 1.28. The molecule has 0 saturated carbocycles. The van der Waals surface area contributed by atoms with Crippen LogP contribution in [0.3, 0.4) is 0 Å². The van der Waals surface area contributed by atoms with Gasteiger partial charge >= 0.3 is 5.97 Å². The zero-order valence-corrected chi connectivity index (χ0v) is 12.1. The molecular formula is C13H8Cl3NO2. The molecule has 0 atom stereocenters. The molecule has 3 nitrogen and oxygen atoms in total. The summed E-state index contributed by atoms with van der Waals surface area (Å²) in [5, 5.41) is 1.06. The van der Waals surface area contributed by atoms with Gasteiger partial charge in [-0.2, -0.15) is 0 Å². The number of hydrogen-bond donors (Lipinski definition) is 0. The van der Waals surface area contributed by atoms with Crippen molar-refractivity contribution in [1.82, 2.24) is 4.98 Å². The van der Waals surface area contributed by atoms with E-state index in [-0.39, 0.29) is 10.6 Å². The Kier molecular flexibility index (Phi) is 4.30. The van der Waals surface area contributed by atoms with Crippen LogP contribution in [0.4, 0.5) is 0 Å². The van der Waals surface area contributed by atoms with Crippen molar-refractivity contribution in [3.63, 3.8) is 0 Å². The van der Waals surface area contributed by atoms with E-state index in [2.05, 4.69) is 4.98 Å². The monoisotopic (exact) mass is 315 g/mol. The Morgan fingerprint density at radius 2 is 1.84 bits per heavy atom. The van der Waals surface area contributed by atoms with Crippen LogP contribution in [0.15, 0.2) is 30.5 Å². The molecule has 2 aromatic rings. The molecule has 0 N–H and O–H groups in total. The molecule has 0 spiro atoms. The summed E-state index contributed by atoms with van der Waals surface area (Å²) in [6.45, 7) is 0. The van der Waals surface area contributed by atoms with Crippen LogP contribution in [0.1, 0.15) is 10.4 Å². The third-order valence-electron chi connectivity index (χ3n) is 2.48. The second kappa shape index (κ2) is 5.78. The molecule has 6 heteroatoms. The van der Waals surface area contributed by atoms with Gasteiger partial charge in [0.2, 0.25) is 0 Å². The van der Waals surface area contributed by atoms with Gasteiger partial charge in [-0.15, -0.1) is 0 Å². The molecule has 0 aliphatic heterocycles. The lowest BCUT2D eigenvalue weighted by atomic mass is 10.1. The van der Waals surface area contributed by atoms with Crippen molar-refractivity contribution in [3.8, 4) is 11.3 Å². The zero-order chi connectivity index (χ0) is 14.0. The van der Waals surface area contributed by atoms with Crippen molar-refractivity contribution in [3.05, 3.63) is 51.1 Å². The second-order valence-electron chi connectivity index (χ2n) is 3.64. The Balaban J connectivity index is 2.65. The Morgan fingerprint density at radius 3 is 2.47 bits per heavy atom. The standard InChI is InChI=1S/C13H8Cl3NO2/c1-19-13(18)11-9(15)4-5-17-12(11)7-2-3-8(14)10(16)6-7/h2-6H,1H3. The number of ether oxygens (including phenoxy) is 1. The summed E-state index contributed by atoms with van der Waals surface area (Å²) in [6, 6.07) is 6.48. The maximum absolute atomic E-state index is 11.8. The van der Waals surface area contributed by atoms with Crippen molar-refractivity contribution in [2.24, 2.45) is 0 Å². The number of pyridine rings is 1. The molecule has 0 radical (unpaired) electrons. The third kappa shape index (κ3) is 2.84. The van der Waals surface area contributed by atoms with E-state index < -0.39 is 5.97 Å². The Bertz CT molecular complexity index is 644. The first-order chi connectivity index (χ1) is 9.04. The van der Waals surface area contributed by atoms with E-state index in [0.29, 0.717) is 21.3 Å². The molecular weight excluding hydrogens is 309 g/mol. The fraction of sp³-hybridized carbons (Fsp3) is 0.0769. The minimum absolute atomic E-state index is 0.199. The number of rotatable bonds is 2. The van der Waals surface area contributed by atoms with Crippen LogP contribution in [-0.2, 0) is 4.74 Å². The molecule has 0 aliphatic carbocycles. The average Bonchev–Trinajstić information content (AvgIpc) is 2.41. The van der Waals surface area contributed by atoms with Crippen LogP contribution in [0.25, 0.3) is 11.3 Å². The molecule has 2 rings (SSSR count). The van der Waals surface area contributed by atoms with Gasteiger partial charge < -0.3 is 4.74 Å². The first-order valence-corrected chi connectivity index (χ1v) is 6.36. The van der Waals surface area contributed by atoms with Gasteiger partial charge in [-0.05, 0) is 18.2 Å². The van der Waals surface area contributed by atoms with E-state index in [1.54, 1.807) is 18.2 Å². The van der Waals surface area contributed by atoms with Crippen LogP contribution >= 0.6 is 34.8 Å². The van der Waals surface area contributed by atoms with Gasteiger partial charge in [-0.25, -0.2) is 4.79 Å². The Labute approximate surface area is 125 Å². The summed E-state index contributed by atoms with van der Waals surface area (Å²) in [5.41, 5.74) is 1.24. The van der Waals surface area contributed by atoms with E-state index >= 15 is 0 Å². The number of aromatic nitrogens is 1. The van der Waals surface area contributed by atoms with Crippen LogP contribution in [0.2, 0.25) is 15.1 Å². The molecule has 1 aromatic heterocycles. The maximum atomic E-state index is 11.8. The highest BCUT2D eigenvalue weighted by Crippen LogP contribution is 2.31. The van der Waals surface area contributed by atoms with Crippen LogP contribution in [-0.4, -0.2) is 18.1 Å². The number of carbonyl (C=O) groups excluding carboxylic acids is 1. The number of nitrogens with zero attached hydrogens (tertiary/aromatic N) is 1. The molecule has 0 fully saturated rings. The lowest BCUT2D eigenvalue weighted by Gasteiger charge is -2.09. The van der Waals surface area contributed by atoms with Gasteiger partial charge in [0.1, 0.15) is 5.56 Å². The summed E-state index contributed by atoms with van der Waals surface area (Å²) in [5.74, 6) is -0.556. The number of halogens is 3. The van der Waals surface area contributed by atoms with Crippen molar-refractivity contribution < 1.29 is 9.53 Å². The van der Waals surface area contributed by atoms with Gasteiger partial charge in [0, 0.05) is 11.8 Å². The number of benzene rings is 1. The topological polar surface area (TPSA) is 39.2 Å². The van der Waals surface area contributed by atoms with Gasteiger partial charge in [0.05, 0.1) is 27.9 Å². The summed E-state index contributed by atoms with van der Waals surface area (Å²) in [4.78, 5) is 15.9. The van der Waals surface area contributed by atoms with Gasteiger partial charge in [0.25, 0.3) is 0 Å². The summed E-state index contributed by atoms with van der Waals surface area (Å²) in [6.07, 6.45) is 1.51. The third-order valence-corrected chi connectivity index (χ3v) is 3.54. The molecule has 1 heterocycles. The fourth-order valence-electron chi connectivity index (χ4n) is 1.60. The van der Waals surface area contributed by atoms with Crippen LogP contribution in [0, 0.1) is 0 Å². The number of carbonyl (C=O) groups is 1. The van der Waals surface area contributed by atoms with Gasteiger partial charge in [-0.3, -0.25) is 4.98 Å².